The zero-order chi connectivity index (χ0) is 22.8. The van der Waals surface area contributed by atoms with E-state index in [0.29, 0.717) is 6.54 Å². The van der Waals surface area contributed by atoms with E-state index in [2.05, 4.69) is 50.1 Å². The molecule has 0 bridgehead atoms. The van der Waals surface area contributed by atoms with Crippen LogP contribution in [0.25, 0.3) is 22.0 Å². The second-order valence-corrected chi connectivity index (χ2v) is 8.82. The van der Waals surface area contributed by atoms with Crippen LogP contribution in [-0.2, 0) is 13.2 Å². The third kappa shape index (κ3) is 4.26. The Labute approximate surface area is 188 Å². The number of aliphatic hydroxyl groups excluding tert-OH is 1. The molecule has 5 heteroatoms. The number of halogens is 1. The van der Waals surface area contributed by atoms with Gasteiger partial charge in [-0.15, -0.1) is 0 Å². The van der Waals surface area contributed by atoms with E-state index in [0.717, 1.165) is 50.2 Å². The lowest BCUT2D eigenvalue weighted by Gasteiger charge is -2.24. The molecule has 166 valence electrons. The number of nitrogens with one attached hydrogen (secondary N) is 2. The van der Waals surface area contributed by atoms with Gasteiger partial charge in [-0.05, 0) is 59.4 Å². The van der Waals surface area contributed by atoms with Gasteiger partial charge < -0.3 is 15.4 Å². The number of pyridine rings is 1. The molecule has 0 aliphatic rings. The van der Waals surface area contributed by atoms with Crippen molar-refractivity contribution in [3.05, 3.63) is 83.1 Å². The summed E-state index contributed by atoms with van der Waals surface area (Å²) >= 11 is 0. The summed E-state index contributed by atoms with van der Waals surface area (Å²) in [7, 11) is 0. The number of aromatic nitrogens is 2. The molecule has 4 nitrogen and oxygen atoms in total. The van der Waals surface area contributed by atoms with Crippen molar-refractivity contribution in [2.45, 2.75) is 52.7 Å². The number of anilines is 1. The van der Waals surface area contributed by atoms with E-state index in [1.54, 1.807) is 12.1 Å². The number of benzene rings is 2. The number of rotatable bonds is 7. The van der Waals surface area contributed by atoms with Gasteiger partial charge in [0.25, 0.3) is 0 Å². The third-order valence-corrected chi connectivity index (χ3v) is 5.87. The van der Waals surface area contributed by atoms with E-state index in [-0.39, 0.29) is 24.3 Å². The summed E-state index contributed by atoms with van der Waals surface area (Å²) in [5, 5.41) is 15.1. The fourth-order valence-electron chi connectivity index (χ4n) is 4.32. The zero-order valence-electron chi connectivity index (χ0n) is 19.0. The van der Waals surface area contributed by atoms with Crippen LogP contribution in [0.5, 0.6) is 0 Å². The van der Waals surface area contributed by atoms with Gasteiger partial charge in [0.2, 0.25) is 0 Å². The molecule has 32 heavy (non-hydrogen) atoms. The molecule has 0 fully saturated rings. The lowest BCUT2D eigenvalue weighted by molar-refractivity contribution is 0.279. The predicted molar refractivity (Wildman–Crippen MR) is 129 cm³/mol. The second kappa shape index (κ2) is 9.13. The van der Waals surface area contributed by atoms with Gasteiger partial charge in [-0.25, -0.2) is 4.39 Å². The van der Waals surface area contributed by atoms with Gasteiger partial charge in [0, 0.05) is 51.8 Å². The van der Waals surface area contributed by atoms with Crippen molar-refractivity contribution >= 4 is 16.6 Å². The molecule has 2 aromatic carbocycles. The molecule has 0 spiro atoms. The number of nitrogens with zero attached hydrogens (tertiary/aromatic N) is 1. The van der Waals surface area contributed by atoms with Crippen LogP contribution in [0.4, 0.5) is 10.1 Å². The number of hydrogen-bond acceptors (Lipinski definition) is 3. The van der Waals surface area contributed by atoms with Gasteiger partial charge in [-0.3, -0.25) is 4.98 Å². The standard InChI is InChI=1S/C27H30FN3O/c1-16(2)26-22(14-30-21-9-10-24-19(13-21)11-12-29-24)25(18-5-7-20(28)8-6-18)23(15-32)27(31-26)17(3)4/h5-13,16-17,29-30,32H,14-15H2,1-4H3. The number of hydrogen-bond donors (Lipinski definition) is 3. The minimum atomic E-state index is -0.277. The largest absolute Gasteiger partial charge is 0.392 e. The first-order valence-corrected chi connectivity index (χ1v) is 11.1. The Morgan fingerprint density at radius 1 is 0.938 bits per heavy atom. The smallest absolute Gasteiger partial charge is 0.123 e. The Morgan fingerprint density at radius 2 is 1.62 bits per heavy atom. The Balaban J connectivity index is 1.86. The Bertz CT molecular complexity index is 1230. The summed E-state index contributed by atoms with van der Waals surface area (Å²) in [4.78, 5) is 8.24. The molecule has 0 saturated heterocycles. The van der Waals surface area contributed by atoms with Crippen molar-refractivity contribution in [1.29, 1.82) is 0 Å². The fraction of sp³-hybridized carbons (Fsp3) is 0.296. The summed E-state index contributed by atoms with van der Waals surface area (Å²) < 4.78 is 13.7. The van der Waals surface area contributed by atoms with Crippen LogP contribution in [0.1, 0.15) is 62.0 Å². The van der Waals surface area contributed by atoms with Gasteiger partial charge in [0.1, 0.15) is 5.82 Å². The molecule has 0 unspecified atom stereocenters. The highest BCUT2D eigenvalue weighted by atomic mass is 19.1. The molecular formula is C27H30FN3O. The van der Waals surface area contributed by atoms with E-state index in [1.807, 2.05) is 18.3 Å². The molecule has 0 saturated carbocycles. The van der Waals surface area contributed by atoms with Gasteiger partial charge in [-0.1, -0.05) is 39.8 Å². The minimum Gasteiger partial charge on any atom is -0.392 e. The highest BCUT2D eigenvalue weighted by Gasteiger charge is 2.23. The number of fused-ring (bicyclic) bond motifs is 1. The fourth-order valence-corrected chi connectivity index (χ4v) is 4.32. The monoisotopic (exact) mass is 431 g/mol. The quantitative estimate of drug-likeness (QED) is 0.304. The SMILES string of the molecule is CC(C)c1nc(C(C)C)c(CNc2ccc3[nH]ccc3c2)c(-c2ccc(F)cc2)c1CO. The van der Waals surface area contributed by atoms with Crippen molar-refractivity contribution in [3.63, 3.8) is 0 Å². The highest BCUT2D eigenvalue weighted by molar-refractivity contribution is 5.83. The molecular weight excluding hydrogens is 401 g/mol. The molecule has 4 aromatic rings. The summed E-state index contributed by atoms with van der Waals surface area (Å²) in [5.41, 5.74) is 7.69. The average molecular weight is 432 g/mol. The molecule has 0 aliphatic carbocycles. The van der Waals surface area contributed by atoms with E-state index < -0.39 is 0 Å². The molecule has 2 aromatic heterocycles. The lowest BCUT2D eigenvalue weighted by atomic mass is 9.87. The van der Waals surface area contributed by atoms with Crippen molar-refractivity contribution in [1.82, 2.24) is 9.97 Å². The summed E-state index contributed by atoms with van der Waals surface area (Å²) in [6, 6.07) is 14.8. The predicted octanol–water partition coefficient (Wildman–Crippen LogP) is 6.72. The molecule has 3 N–H and O–H groups in total. The summed E-state index contributed by atoms with van der Waals surface area (Å²) in [6.07, 6.45) is 1.93. The zero-order valence-corrected chi connectivity index (χ0v) is 19.0. The maximum Gasteiger partial charge on any atom is 0.123 e. The molecule has 0 amide bonds. The maximum atomic E-state index is 13.7. The van der Waals surface area contributed by atoms with Crippen LogP contribution < -0.4 is 5.32 Å². The van der Waals surface area contributed by atoms with Crippen molar-refractivity contribution in [3.8, 4) is 11.1 Å². The van der Waals surface area contributed by atoms with Crippen LogP contribution in [-0.4, -0.2) is 15.1 Å². The van der Waals surface area contributed by atoms with Gasteiger partial charge in [-0.2, -0.15) is 0 Å². The first-order chi connectivity index (χ1) is 15.4. The van der Waals surface area contributed by atoms with Crippen molar-refractivity contribution in [2.75, 3.05) is 5.32 Å². The number of H-pyrrole nitrogens is 1. The Kier molecular flexibility index (Phi) is 6.28. The maximum absolute atomic E-state index is 13.7. The second-order valence-electron chi connectivity index (χ2n) is 8.82. The topological polar surface area (TPSA) is 60.9 Å². The highest BCUT2D eigenvalue weighted by Crippen LogP contribution is 2.37. The van der Waals surface area contributed by atoms with Crippen LogP contribution in [0.2, 0.25) is 0 Å². The first-order valence-electron chi connectivity index (χ1n) is 11.1. The van der Waals surface area contributed by atoms with Crippen molar-refractivity contribution < 1.29 is 9.50 Å². The van der Waals surface area contributed by atoms with Gasteiger partial charge >= 0.3 is 0 Å². The molecule has 4 rings (SSSR count). The van der Waals surface area contributed by atoms with Crippen LogP contribution >= 0.6 is 0 Å². The summed E-state index contributed by atoms with van der Waals surface area (Å²) in [6.45, 7) is 8.88. The van der Waals surface area contributed by atoms with Crippen LogP contribution in [0.15, 0.2) is 54.7 Å². The van der Waals surface area contributed by atoms with E-state index in [9.17, 15) is 9.50 Å². The van der Waals surface area contributed by atoms with E-state index in [4.69, 9.17) is 4.98 Å². The molecule has 0 radical (unpaired) electrons. The number of aromatic amines is 1. The number of aliphatic hydroxyl groups is 1. The molecule has 0 aliphatic heterocycles. The van der Waals surface area contributed by atoms with Gasteiger partial charge in [0.15, 0.2) is 0 Å². The first kappa shape index (κ1) is 22.0. The van der Waals surface area contributed by atoms with Crippen LogP contribution in [0, 0.1) is 5.82 Å². The Hall–Kier alpha value is -3.18. The normalized spacial score (nSPS) is 11.6. The molecule has 0 atom stereocenters. The summed E-state index contributed by atoms with van der Waals surface area (Å²) in [5.74, 6) is 0.0799. The molecule has 2 heterocycles. The minimum absolute atomic E-state index is 0.117. The van der Waals surface area contributed by atoms with Crippen LogP contribution in [0.3, 0.4) is 0 Å². The van der Waals surface area contributed by atoms with Gasteiger partial charge in [0.05, 0.1) is 6.61 Å². The third-order valence-electron chi connectivity index (χ3n) is 5.87. The lowest BCUT2D eigenvalue weighted by Crippen LogP contribution is -2.14. The average Bonchev–Trinajstić information content (AvgIpc) is 3.25. The van der Waals surface area contributed by atoms with E-state index in [1.165, 1.54) is 12.1 Å². The van der Waals surface area contributed by atoms with E-state index >= 15 is 0 Å². The van der Waals surface area contributed by atoms with Crippen molar-refractivity contribution in [2.24, 2.45) is 0 Å². The Morgan fingerprint density at radius 3 is 2.28 bits per heavy atom.